The lowest BCUT2D eigenvalue weighted by Crippen LogP contribution is -2.19. The fraction of sp³-hybridized carbons (Fsp3) is 0.429. The molecule has 0 aliphatic heterocycles. The maximum Gasteiger partial charge on any atom is 0.148 e. The van der Waals surface area contributed by atoms with Gasteiger partial charge in [-0.05, 0) is 48.0 Å². The highest BCUT2D eigenvalue weighted by molar-refractivity contribution is 14.1. The van der Waals surface area contributed by atoms with Gasteiger partial charge in [0, 0.05) is 9.13 Å². The van der Waals surface area contributed by atoms with Gasteiger partial charge < -0.3 is 5.32 Å². The first-order valence-corrected chi connectivity index (χ1v) is 8.39. The molecule has 0 fully saturated rings. The number of aromatic nitrogens is 2. The van der Waals surface area contributed by atoms with Crippen LogP contribution in [0.15, 0.2) is 18.2 Å². The van der Waals surface area contributed by atoms with E-state index in [2.05, 4.69) is 77.1 Å². The molecular formula is C14H18IN3S. The Bertz CT molecular complexity index is 553. The minimum Gasteiger partial charge on any atom is -0.308 e. The zero-order valence-electron chi connectivity index (χ0n) is 11.4. The average Bonchev–Trinajstić information content (AvgIpc) is 2.88. The van der Waals surface area contributed by atoms with Crippen LogP contribution in [-0.2, 0) is 0 Å². The average molecular weight is 387 g/mol. The van der Waals surface area contributed by atoms with E-state index in [0.29, 0.717) is 6.04 Å². The van der Waals surface area contributed by atoms with Crippen LogP contribution < -0.4 is 5.32 Å². The van der Waals surface area contributed by atoms with E-state index in [1.54, 1.807) is 11.3 Å². The fourth-order valence-corrected chi connectivity index (χ4v) is 3.78. The van der Waals surface area contributed by atoms with Gasteiger partial charge in [0.05, 0.1) is 6.04 Å². The summed E-state index contributed by atoms with van der Waals surface area (Å²) >= 11 is 4.08. The molecule has 5 heteroatoms. The zero-order valence-corrected chi connectivity index (χ0v) is 14.4. The maximum atomic E-state index is 4.36. The molecule has 1 aromatic heterocycles. The lowest BCUT2D eigenvalue weighted by molar-refractivity contribution is 0.531. The van der Waals surface area contributed by atoms with Crippen molar-refractivity contribution in [3.63, 3.8) is 0 Å². The Morgan fingerprint density at radius 3 is 2.79 bits per heavy atom. The summed E-state index contributed by atoms with van der Waals surface area (Å²) in [6, 6.07) is 6.64. The first kappa shape index (κ1) is 14.9. The van der Waals surface area contributed by atoms with Crippen LogP contribution in [0.2, 0.25) is 0 Å². The molecule has 19 heavy (non-hydrogen) atoms. The van der Waals surface area contributed by atoms with Crippen molar-refractivity contribution in [3.8, 4) is 10.6 Å². The highest BCUT2D eigenvalue weighted by Crippen LogP contribution is 2.32. The van der Waals surface area contributed by atoms with Crippen molar-refractivity contribution in [2.24, 2.45) is 0 Å². The molecule has 1 unspecified atom stereocenters. The molecule has 2 aromatic rings. The smallest absolute Gasteiger partial charge is 0.148 e. The normalized spacial score (nSPS) is 12.6. The first-order valence-electron chi connectivity index (χ1n) is 6.49. The predicted octanol–water partition coefficient (Wildman–Crippen LogP) is 4.18. The van der Waals surface area contributed by atoms with Gasteiger partial charge in [-0.1, -0.05) is 43.4 Å². The number of halogens is 1. The molecule has 0 saturated carbocycles. The van der Waals surface area contributed by atoms with Crippen LogP contribution >= 0.6 is 33.9 Å². The zero-order chi connectivity index (χ0) is 13.8. The number of benzene rings is 1. The Kier molecular flexibility index (Phi) is 5.29. The standard InChI is InChI=1S/C14H18IN3S/c1-4-11(16-5-2)14-18-17-13(19-14)10-8-6-7-9(3)12(10)15/h6-8,11,16H,4-5H2,1-3H3. The fourth-order valence-electron chi connectivity index (χ4n) is 1.95. The quantitative estimate of drug-likeness (QED) is 0.783. The summed E-state index contributed by atoms with van der Waals surface area (Å²) in [4.78, 5) is 0. The second kappa shape index (κ2) is 6.76. The largest absolute Gasteiger partial charge is 0.308 e. The van der Waals surface area contributed by atoms with Crippen LogP contribution in [0.25, 0.3) is 10.6 Å². The molecule has 0 amide bonds. The van der Waals surface area contributed by atoms with E-state index in [4.69, 9.17) is 0 Å². The molecule has 0 aliphatic carbocycles. The van der Waals surface area contributed by atoms with Crippen LogP contribution in [0.1, 0.15) is 36.9 Å². The summed E-state index contributed by atoms with van der Waals surface area (Å²) in [6.45, 7) is 7.37. The SMILES string of the molecule is CCNC(CC)c1nnc(-c2cccc(C)c2I)s1. The molecule has 3 nitrogen and oxygen atoms in total. The van der Waals surface area contributed by atoms with E-state index in [1.165, 1.54) is 14.7 Å². The number of hydrogen-bond donors (Lipinski definition) is 1. The summed E-state index contributed by atoms with van der Waals surface area (Å²) in [6.07, 6.45) is 1.04. The van der Waals surface area contributed by atoms with E-state index in [-0.39, 0.29) is 0 Å². The van der Waals surface area contributed by atoms with Gasteiger partial charge in [-0.15, -0.1) is 10.2 Å². The van der Waals surface area contributed by atoms with Crippen LogP contribution in [0, 0.1) is 10.5 Å². The van der Waals surface area contributed by atoms with E-state index >= 15 is 0 Å². The molecule has 0 saturated heterocycles. The van der Waals surface area contributed by atoms with Gasteiger partial charge in [0.25, 0.3) is 0 Å². The third kappa shape index (κ3) is 3.32. The molecule has 0 aliphatic rings. The van der Waals surface area contributed by atoms with Crippen molar-refractivity contribution in [1.82, 2.24) is 15.5 Å². The van der Waals surface area contributed by atoms with Crippen LogP contribution in [0.3, 0.4) is 0 Å². The Morgan fingerprint density at radius 2 is 2.11 bits per heavy atom. The topological polar surface area (TPSA) is 37.8 Å². The Hall–Kier alpha value is -0.530. The molecule has 102 valence electrons. The summed E-state index contributed by atoms with van der Waals surface area (Å²) in [5.41, 5.74) is 2.48. The maximum absolute atomic E-state index is 4.36. The molecular weight excluding hydrogens is 369 g/mol. The van der Waals surface area contributed by atoms with Crippen LogP contribution in [0.4, 0.5) is 0 Å². The summed E-state index contributed by atoms with van der Waals surface area (Å²) in [5.74, 6) is 0. The van der Waals surface area contributed by atoms with Crippen LogP contribution in [-0.4, -0.2) is 16.7 Å². The van der Waals surface area contributed by atoms with Crippen molar-refractivity contribution < 1.29 is 0 Å². The minimum atomic E-state index is 0.318. The summed E-state index contributed by atoms with van der Waals surface area (Å²) in [5, 5.41) is 14.3. The van der Waals surface area contributed by atoms with Crippen molar-refractivity contribution in [2.75, 3.05) is 6.54 Å². The number of nitrogens with one attached hydrogen (secondary N) is 1. The first-order chi connectivity index (χ1) is 9.17. The number of rotatable bonds is 5. The van der Waals surface area contributed by atoms with Gasteiger partial charge in [0.2, 0.25) is 0 Å². The van der Waals surface area contributed by atoms with Gasteiger partial charge >= 0.3 is 0 Å². The Balaban J connectivity index is 2.32. The third-order valence-electron chi connectivity index (χ3n) is 3.02. The van der Waals surface area contributed by atoms with E-state index in [0.717, 1.165) is 23.0 Å². The predicted molar refractivity (Wildman–Crippen MR) is 89.5 cm³/mol. The molecule has 0 bridgehead atoms. The van der Waals surface area contributed by atoms with Crippen molar-refractivity contribution >= 4 is 33.9 Å². The van der Waals surface area contributed by atoms with Gasteiger partial charge in [0.15, 0.2) is 0 Å². The highest BCUT2D eigenvalue weighted by Gasteiger charge is 2.16. The molecule has 1 heterocycles. The van der Waals surface area contributed by atoms with Crippen molar-refractivity contribution in [1.29, 1.82) is 0 Å². The van der Waals surface area contributed by atoms with Crippen molar-refractivity contribution in [2.45, 2.75) is 33.2 Å². The molecule has 0 spiro atoms. The minimum absolute atomic E-state index is 0.318. The van der Waals surface area contributed by atoms with E-state index in [9.17, 15) is 0 Å². The third-order valence-corrected chi connectivity index (χ3v) is 5.52. The monoisotopic (exact) mass is 387 g/mol. The molecule has 2 rings (SSSR count). The second-order valence-electron chi connectivity index (χ2n) is 4.40. The number of nitrogens with zero attached hydrogens (tertiary/aromatic N) is 2. The van der Waals surface area contributed by atoms with E-state index < -0.39 is 0 Å². The van der Waals surface area contributed by atoms with Gasteiger partial charge in [0.1, 0.15) is 10.0 Å². The Labute approximate surface area is 132 Å². The van der Waals surface area contributed by atoms with Crippen molar-refractivity contribution in [3.05, 3.63) is 32.3 Å². The van der Waals surface area contributed by atoms with Crippen LogP contribution in [0.5, 0.6) is 0 Å². The van der Waals surface area contributed by atoms with E-state index in [1.807, 2.05) is 0 Å². The summed E-state index contributed by atoms with van der Waals surface area (Å²) < 4.78 is 1.26. The lowest BCUT2D eigenvalue weighted by Gasteiger charge is -2.11. The second-order valence-corrected chi connectivity index (χ2v) is 6.49. The molecule has 0 radical (unpaired) electrons. The highest BCUT2D eigenvalue weighted by atomic mass is 127. The van der Waals surface area contributed by atoms with Gasteiger partial charge in [-0.2, -0.15) is 0 Å². The molecule has 1 atom stereocenters. The molecule has 1 N–H and O–H groups in total. The summed E-state index contributed by atoms with van der Waals surface area (Å²) in [7, 11) is 0. The number of hydrogen-bond acceptors (Lipinski definition) is 4. The number of aryl methyl sites for hydroxylation is 1. The Morgan fingerprint density at radius 1 is 1.32 bits per heavy atom. The van der Waals surface area contributed by atoms with Gasteiger partial charge in [-0.3, -0.25) is 0 Å². The lowest BCUT2D eigenvalue weighted by atomic mass is 10.1. The van der Waals surface area contributed by atoms with Gasteiger partial charge in [-0.25, -0.2) is 0 Å². The molecule has 1 aromatic carbocycles.